The summed E-state index contributed by atoms with van der Waals surface area (Å²) in [6, 6.07) is 7.80. The van der Waals surface area contributed by atoms with Crippen LogP contribution in [-0.2, 0) is 27.1 Å². The van der Waals surface area contributed by atoms with Crippen molar-refractivity contribution in [1.82, 2.24) is 10.6 Å². The Labute approximate surface area is 224 Å². The van der Waals surface area contributed by atoms with Gasteiger partial charge in [-0.05, 0) is 42.5 Å². The number of nitrogens with zero attached hydrogens (tertiary/aromatic N) is 2. The molecule has 18 heteroatoms. The summed E-state index contributed by atoms with van der Waals surface area (Å²) in [5, 5.41) is 23.7. The molecule has 1 amide bonds. The Bertz CT molecular complexity index is 1530. The third-order valence-electron chi connectivity index (χ3n) is 5.68. The number of rotatable bonds is 9. The number of nitriles is 2. The fourth-order valence-electron chi connectivity index (χ4n) is 3.48. The molecule has 1 heterocycles. The number of alkyl halides is 6. The van der Waals surface area contributed by atoms with Gasteiger partial charge in [-0.15, -0.1) is 0 Å². The van der Waals surface area contributed by atoms with Gasteiger partial charge in [0.25, 0.3) is 15.7 Å². The van der Waals surface area contributed by atoms with Crippen molar-refractivity contribution in [2.75, 3.05) is 13.2 Å². The average Bonchev–Trinajstić information content (AvgIpc) is 3.66. The van der Waals surface area contributed by atoms with E-state index in [-0.39, 0.29) is 12.1 Å². The maximum Gasteiger partial charge on any atom is 0.501 e. The Kier molecular flexibility index (Phi) is 8.24. The molecule has 3 unspecified atom stereocenters. The van der Waals surface area contributed by atoms with Crippen LogP contribution in [0.2, 0.25) is 0 Å². The monoisotopic (exact) mass is 610 g/mol. The van der Waals surface area contributed by atoms with Gasteiger partial charge in [0.15, 0.2) is 16.6 Å². The molecule has 3 atom stereocenters. The molecule has 1 aliphatic rings. The number of sulfone groups is 1. The maximum absolute atomic E-state index is 13.5. The third kappa shape index (κ3) is 6.36. The van der Waals surface area contributed by atoms with Gasteiger partial charge >= 0.3 is 11.7 Å². The summed E-state index contributed by atoms with van der Waals surface area (Å²) < 4.78 is 129. The summed E-state index contributed by atoms with van der Waals surface area (Å²) in [7, 11) is -5.73. The van der Waals surface area contributed by atoms with Crippen LogP contribution in [0.25, 0.3) is 0 Å². The van der Waals surface area contributed by atoms with E-state index in [0.29, 0.717) is 30.3 Å². The van der Waals surface area contributed by atoms with Crippen LogP contribution in [0.5, 0.6) is 5.75 Å². The zero-order valence-corrected chi connectivity index (χ0v) is 21.3. The summed E-state index contributed by atoms with van der Waals surface area (Å²) in [6.45, 7) is -1.16. The van der Waals surface area contributed by atoms with E-state index in [0.717, 1.165) is 12.1 Å². The molecule has 0 saturated carbocycles. The van der Waals surface area contributed by atoms with Gasteiger partial charge in [-0.25, -0.2) is 12.6 Å². The van der Waals surface area contributed by atoms with E-state index in [1.807, 2.05) is 0 Å². The number of nitrogens with one attached hydrogen (secondary N) is 2. The number of hydrogen-bond acceptors (Lipinski definition) is 8. The molecule has 10 nitrogen and oxygen atoms in total. The van der Waals surface area contributed by atoms with E-state index in [1.165, 1.54) is 0 Å². The lowest BCUT2D eigenvalue weighted by molar-refractivity contribution is -0.139. The van der Waals surface area contributed by atoms with Crippen molar-refractivity contribution in [3.8, 4) is 17.9 Å². The lowest BCUT2D eigenvalue weighted by Crippen LogP contribution is -2.55. The largest absolute Gasteiger partial charge is 0.501 e. The standard InChI is InChI=1S/C22H16F6N4O6S2/c23-21(24,25)16-6-1-13(8-29)7-17(16)38-12-19(10-30,9-20(11-31-20)39(34)35)32-18(33)14-2-4-15(5-3-14)40(36,37)22(26,27)28/h1-7,31H,9,11-12H2,(H,32,33)(H,34,35). The molecule has 3 rings (SSSR count). The van der Waals surface area contributed by atoms with Gasteiger partial charge in [-0.3, -0.25) is 10.1 Å². The second kappa shape index (κ2) is 10.7. The number of carbonyl (C=O) groups excluding carboxylic acids is 1. The molecule has 1 aliphatic heterocycles. The van der Waals surface area contributed by atoms with E-state index in [1.54, 1.807) is 12.1 Å². The Hall–Kier alpha value is -3.71. The first-order chi connectivity index (χ1) is 18.4. The SMILES string of the molecule is N#Cc1ccc(C(F)(F)F)c(OCC(C#N)(CC2(S(=O)O)CN2)NC(=O)c2ccc(S(=O)(=O)C(F)(F)F)cc2)c1. The van der Waals surface area contributed by atoms with Crippen LogP contribution in [0.3, 0.4) is 0 Å². The van der Waals surface area contributed by atoms with Gasteiger partial charge in [-0.2, -0.15) is 36.9 Å². The van der Waals surface area contributed by atoms with Gasteiger partial charge in [-0.1, -0.05) is 0 Å². The normalized spacial score (nSPS) is 19.4. The van der Waals surface area contributed by atoms with E-state index in [4.69, 9.17) is 10.00 Å². The second-order valence-electron chi connectivity index (χ2n) is 8.50. The molecule has 0 bridgehead atoms. The lowest BCUT2D eigenvalue weighted by atomic mass is 9.94. The van der Waals surface area contributed by atoms with Crippen molar-refractivity contribution in [2.45, 2.75) is 33.4 Å². The van der Waals surface area contributed by atoms with Gasteiger partial charge in [0.1, 0.15) is 17.2 Å². The summed E-state index contributed by atoms with van der Waals surface area (Å²) in [6.07, 6.45) is -5.63. The van der Waals surface area contributed by atoms with Gasteiger partial charge < -0.3 is 14.6 Å². The number of carbonyl (C=O) groups is 1. The van der Waals surface area contributed by atoms with Crippen LogP contribution in [-0.4, -0.2) is 52.2 Å². The molecule has 0 aromatic heterocycles. The number of benzene rings is 2. The highest BCUT2D eigenvalue weighted by molar-refractivity contribution is 7.92. The minimum atomic E-state index is -5.73. The number of ether oxygens (including phenoxy) is 1. The van der Waals surface area contributed by atoms with Crippen LogP contribution in [0.1, 0.15) is 27.9 Å². The summed E-state index contributed by atoms with van der Waals surface area (Å²) >= 11 is -2.63. The number of hydrogen-bond donors (Lipinski definition) is 3. The van der Waals surface area contributed by atoms with Crippen molar-refractivity contribution in [1.29, 1.82) is 10.5 Å². The molecule has 0 radical (unpaired) electrons. The highest BCUT2D eigenvalue weighted by Crippen LogP contribution is 2.38. The average molecular weight is 611 g/mol. The summed E-state index contributed by atoms with van der Waals surface area (Å²) in [5.41, 5.74) is -9.93. The summed E-state index contributed by atoms with van der Waals surface area (Å²) in [5.74, 6) is -2.08. The molecule has 3 N–H and O–H groups in total. The van der Waals surface area contributed by atoms with E-state index in [2.05, 4.69) is 10.6 Å². The van der Waals surface area contributed by atoms with Gasteiger partial charge in [0.05, 0.1) is 28.2 Å². The van der Waals surface area contributed by atoms with Crippen molar-refractivity contribution in [3.63, 3.8) is 0 Å². The third-order valence-corrected chi connectivity index (χ3v) is 8.28. The molecular formula is C22H16F6N4O6S2. The van der Waals surface area contributed by atoms with Crippen LogP contribution < -0.4 is 15.4 Å². The van der Waals surface area contributed by atoms with E-state index < -0.39 is 83.7 Å². The maximum atomic E-state index is 13.5. The first kappa shape index (κ1) is 30.8. The van der Waals surface area contributed by atoms with Gasteiger partial charge in [0, 0.05) is 18.5 Å². The molecule has 214 valence electrons. The van der Waals surface area contributed by atoms with Crippen molar-refractivity contribution >= 4 is 26.8 Å². The molecule has 1 fully saturated rings. The quantitative estimate of drug-likeness (QED) is 0.219. The van der Waals surface area contributed by atoms with Crippen molar-refractivity contribution < 1.29 is 53.1 Å². The number of amides is 1. The topological polar surface area (TPSA) is 179 Å². The highest BCUT2D eigenvalue weighted by Gasteiger charge is 2.55. The predicted octanol–water partition coefficient (Wildman–Crippen LogP) is 2.85. The van der Waals surface area contributed by atoms with E-state index in [9.17, 15) is 53.6 Å². The fourth-order valence-corrected chi connectivity index (χ4v) is 4.93. The smallest absolute Gasteiger partial charge is 0.489 e. The highest BCUT2D eigenvalue weighted by atomic mass is 32.2. The van der Waals surface area contributed by atoms with Crippen LogP contribution >= 0.6 is 0 Å². The Morgan fingerprint density at radius 2 is 1.73 bits per heavy atom. The molecule has 2 aromatic carbocycles. The minimum absolute atomic E-state index is 0.128. The van der Waals surface area contributed by atoms with E-state index >= 15 is 0 Å². The molecule has 0 aliphatic carbocycles. The molecule has 2 aromatic rings. The molecule has 0 spiro atoms. The first-order valence-electron chi connectivity index (χ1n) is 10.7. The van der Waals surface area contributed by atoms with Crippen LogP contribution in [0.4, 0.5) is 26.3 Å². The molecule has 1 saturated heterocycles. The molecular weight excluding hydrogens is 594 g/mol. The van der Waals surface area contributed by atoms with Crippen molar-refractivity contribution in [2.24, 2.45) is 0 Å². The fraction of sp³-hybridized carbons (Fsp3) is 0.318. The number of halogens is 6. The Balaban J connectivity index is 1.96. The second-order valence-corrected chi connectivity index (χ2v) is 11.7. The zero-order valence-electron chi connectivity index (χ0n) is 19.6. The lowest BCUT2D eigenvalue weighted by Gasteiger charge is -2.30. The molecule has 40 heavy (non-hydrogen) atoms. The van der Waals surface area contributed by atoms with Crippen LogP contribution in [0.15, 0.2) is 47.4 Å². The Morgan fingerprint density at radius 3 is 2.17 bits per heavy atom. The minimum Gasteiger partial charge on any atom is -0.489 e. The zero-order chi connectivity index (χ0) is 30.1. The summed E-state index contributed by atoms with van der Waals surface area (Å²) in [4.78, 5) is 10.1. The Morgan fingerprint density at radius 1 is 1.12 bits per heavy atom. The van der Waals surface area contributed by atoms with Crippen molar-refractivity contribution in [3.05, 3.63) is 59.2 Å². The predicted molar refractivity (Wildman–Crippen MR) is 123 cm³/mol. The van der Waals surface area contributed by atoms with Crippen LogP contribution in [0, 0.1) is 22.7 Å². The first-order valence-corrected chi connectivity index (χ1v) is 13.2. The van der Waals surface area contributed by atoms with Gasteiger partial charge in [0.2, 0.25) is 0 Å².